The number of rotatable bonds is 5. The standard InChI is InChI=1S/C14H26N2O3/c1-14(2,3)7-11(13(18)19)9-16-12(17)10-5-4-6-15-8-10/h10-11,15H,4-9H2,1-3H3,(H,16,17)(H,18,19)/t10-,11?/m0/s1. The number of carbonyl (C=O) groups excluding carboxylic acids is 1. The molecule has 1 aliphatic rings. The van der Waals surface area contributed by atoms with E-state index in [0.29, 0.717) is 13.0 Å². The number of amides is 1. The second-order valence-corrected chi connectivity index (χ2v) is 6.59. The Kier molecular flexibility index (Phi) is 5.79. The summed E-state index contributed by atoms with van der Waals surface area (Å²) in [6.07, 6.45) is 2.45. The van der Waals surface area contributed by atoms with Crippen molar-refractivity contribution in [3.8, 4) is 0 Å². The fourth-order valence-corrected chi connectivity index (χ4v) is 2.43. The second-order valence-electron chi connectivity index (χ2n) is 6.59. The molecule has 1 rings (SSSR count). The molecule has 0 bridgehead atoms. The predicted molar refractivity (Wildman–Crippen MR) is 73.8 cm³/mol. The Bertz CT molecular complexity index is 317. The van der Waals surface area contributed by atoms with Crippen LogP contribution in [-0.4, -0.2) is 36.6 Å². The molecule has 0 saturated carbocycles. The van der Waals surface area contributed by atoms with Gasteiger partial charge in [-0.1, -0.05) is 20.8 Å². The molecule has 5 heteroatoms. The van der Waals surface area contributed by atoms with Gasteiger partial charge in [0.05, 0.1) is 11.8 Å². The van der Waals surface area contributed by atoms with E-state index in [1.54, 1.807) is 0 Å². The molecule has 0 aliphatic carbocycles. The lowest BCUT2D eigenvalue weighted by Crippen LogP contribution is -2.43. The number of carboxylic acid groups (broad SMARTS) is 1. The number of piperidine rings is 1. The van der Waals surface area contributed by atoms with Gasteiger partial charge in [0.25, 0.3) is 0 Å². The van der Waals surface area contributed by atoms with Crippen LogP contribution in [0.4, 0.5) is 0 Å². The molecule has 110 valence electrons. The Morgan fingerprint density at radius 1 is 1.42 bits per heavy atom. The first-order valence-corrected chi connectivity index (χ1v) is 7.01. The van der Waals surface area contributed by atoms with Crippen molar-refractivity contribution in [2.45, 2.75) is 40.0 Å². The molecular weight excluding hydrogens is 244 g/mol. The third-order valence-corrected chi connectivity index (χ3v) is 3.40. The van der Waals surface area contributed by atoms with Gasteiger partial charge in [0.2, 0.25) is 5.91 Å². The van der Waals surface area contributed by atoms with Crippen molar-refractivity contribution in [1.29, 1.82) is 0 Å². The maximum absolute atomic E-state index is 11.9. The van der Waals surface area contributed by atoms with Gasteiger partial charge in [0, 0.05) is 13.1 Å². The van der Waals surface area contributed by atoms with Crippen LogP contribution in [0.1, 0.15) is 40.0 Å². The first-order chi connectivity index (χ1) is 8.79. The summed E-state index contributed by atoms with van der Waals surface area (Å²) >= 11 is 0. The van der Waals surface area contributed by atoms with Crippen LogP contribution in [0.25, 0.3) is 0 Å². The lowest BCUT2D eigenvalue weighted by molar-refractivity contribution is -0.142. The van der Waals surface area contributed by atoms with E-state index in [2.05, 4.69) is 10.6 Å². The van der Waals surface area contributed by atoms with E-state index in [0.717, 1.165) is 19.4 Å². The zero-order chi connectivity index (χ0) is 14.5. The van der Waals surface area contributed by atoms with Gasteiger partial charge in [-0.2, -0.15) is 0 Å². The molecule has 5 nitrogen and oxygen atoms in total. The number of carbonyl (C=O) groups is 2. The normalized spacial score (nSPS) is 21.7. The Hall–Kier alpha value is -1.10. The van der Waals surface area contributed by atoms with Crippen molar-refractivity contribution in [2.75, 3.05) is 19.6 Å². The number of aliphatic carboxylic acids is 1. The molecule has 1 saturated heterocycles. The number of hydrogen-bond acceptors (Lipinski definition) is 3. The Labute approximate surface area is 115 Å². The first kappa shape index (κ1) is 16.0. The van der Waals surface area contributed by atoms with Crippen molar-refractivity contribution in [1.82, 2.24) is 10.6 Å². The van der Waals surface area contributed by atoms with Gasteiger partial charge in [-0.15, -0.1) is 0 Å². The van der Waals surface area contributed by atoms with Crippen LogP contribution in [-0.2, 0) is 9.59 Å². The van der Waals surface area contributed by atoms with Crippen LogP contribution in [0.5, 0.6) is 0 Å². The van der Waals surface area contributed by atoms with E-state index in [1.807, 2.05) is 20.8 Å². The van der Waals surface area contributed by atoms with Crippen LogP contribution >= 0.6 is 0 Å². The van der Waals surface area contributed by atoms with Crippen LogP contribution < -0.4 is 10.6 Å². The molecule has 0 radical (unpaired) electrons. The third-order valence-electron chi connectivity index (χ3n) is 3.40. The molecule has 1 aliphatic heterocycles. The minimum Gasteiger partial charge on any atom is -0.481 e. The average molecular weight is 270 g/mol. The van der Waals surface area contributed by atoms with Gasteiger partial charge < -0.3 is 15.7 Å². The van der Waals surface area contributed by atoms with Gasteiger partial charge in [-0.25, -0.2) is 0 Å². The molecule has 1 heterocycles. The number of nitrogens with one attached hydrogen (secondary N) is 2. The summed E-state index contributed by atoms with van der Waals surface area (Å²) in [6, 6.07) is 0. The lowest BCUT2D eigenvalue weighted by atomic mass is 9.84. The first-order valence-electron chi connectivity index (χ1n) is 7.01. The van der Waals surface area contributed by atoms with Gasteiger partial charge in [-0.3, -0.25) is 9.59 Å². The Balaban J connectivity index is 2.42. The highest BCUT2D eigenvalue weighted by Gasteiger charge is 2.27. The SMILES string of the molecule is CC(C)(C)CC(CNC(=O)[C@H]1CCCNC1)C(=O)O. The van der Waals surface area contributed by atoms with Gasteiger partial charge in [0.1, 0.15) is 0 Å². The molecule has 0 aromatic rings. The Morgan fingerprint density at radius 3 is 2.58 bits per heavy atom. The molecule has 3 N–H and O–H groups in total. The molecule has 1 amide bonds. The maximum atomic E-state index is 11.9. The summed E-state index contributed by atoms with van der Waals surface area (Å²) in [5, 5.41) is 15.2. The molecule has 1 fully saturated rings. The van der Waals surface area contributed by atoms with E-state index in [-0.39, 0.29) is 23.8 Å². The molecular formula is C14H26N2O3. The van der Waals surface area contributed by atoms with E-state index >= 15 is 0 Å². The van der Waals surface area contributed by atoms with E-state index < -0.39 is 11.9 Å². The van der Waals surface area contributed by atoms with Crippen molar-refractivity contribution in [2.24, 2.45) is 17.3 Å². The van der Waals surface area contributed by atoms with E-state index in [9.17, 15) is 14.7 Å². The Morgan fingerprint density at radius 2 is 2.11 bits per heavy atom. The zero-order valence-corrected chi connectivity index (χ0v) is 12.2. The topological polar surface area (TPSA) is 78.4 Å². The van der Waals surface area contributed by atoms with Crippen LogP contribution in [0, 0.1) is 17.3 Å². The average Bonchev–Trinajstić information content (AvgIpc) is 2.33. The smallest absolute Gasteiger partial charge is 0.308 e. The molecule has 1 unspecified atom stereocenters. The lowest BCUT2D eigenvalue weighted by Gasteiger charge is -2.25. The number of hydrogen-bond donors (Lipinski definition) is 3. The minimum atomic E-state index is -0.836. The summed E-state index contributed by atoms with van der Waals surface area (Å²) in [6.45, 7) is 7.91. The van der Waals surface area contributed by atoms with Crippen LogP contribution in [0.2, 0.25) is 0 Å². The highest BCUT2D eigenvalue weighted by molar-refractivity contribution is 5.80. The predicted octanol–water partition coefficient (Wildman–Crippen LogP) is 1.24. The zero-order valence-electron chi connectivity index (χ0n) is 12.2. The quantitative estimate of drug-likeness (QED) is 0.702. The van der Waals surface area contributed by atoms with Crippen LogP contribution in [0.3, 0.4) is 0 Å². The number of carboxylic acids is 1. The maximum Gasteiger partial charge on any atom is 0.308 e. The van der Waals surface area contributed by atoms with Gasteiger partial charge in [-0.05, 0) is 31.2 Å². The largest absolute Gasteiger partial charge is 0.481 e. The van der Waals surface area contributed by atoms with Crippen molar-refractivity contribution in [3.05, 3.63) is 0 Å². The second kappa shape index (κ2) is 6.89. The van der Waals surface area contributed by atoms with E-state index in [4.69, 9.17) is 0 Å². The minimum absolute atomic E-state index is 0.0159. The highest BCUT2D eigenvalue weighted by Crippen LogP contribution is 2.24. The fourth-order valence-electron chi connectivity index (χ4n) is 2.43. The van der Waals surface area contributed by atoms with Gasteiger partial charge in [0.15, 0.2) is 0 Å². The van der Waals surface area contributed by atoms with Crippen molar-refractivity contribution >= 4 is 11.9 Å². The summed E-state index contributed by atoms with van der Waals surface area (Å²) in [5.74, 6) is -1.39. The highest BCUT2D eigenvalue weighted by atomic mass is 16.4. The van der Waals surface area contributed by atoms with Crippen LogP contribution in [0.15, 0.2) is 0 Å². The van der Waals surface area contributed by atoms with Gasteiger partial charge >= 0.3 is 5.97 Å². The summed E-state index contributed by atoms with van der Waals surface area (Å²) < 4.78 is 0. The molecule has 0 aromatic carbocycles. The fraction of sp³-hybridized carbons (Fsp3) is 0.857. The van der Waals surface area contributed by atoms with Crippen molar-refractivity contribution in [3.63, 3.8) is 0 Å². The van der Waals surface area contributed by atoms with Crippen molar-refractivity contribution < 1.29 is 14.7 Å². The molecule has 0 spiro atoms. The summed E-state index contributed by atoms with van der Waals surface area (Å²) in [5.41, 5.74) is -0.0554. The molecule has 2 atom stereocenters. The summed E-state index contributed by atoms with van der Waals surface area (Å²) in [7, 11) is 0. The molecule has 19 heavy (non-hydrogen) atoms. The monoisotopic (exact) mass is 270 g/mol. The molecule has 0 aromatic heterocycles. The third kappa shape index (κ3) is 6.05. The summed E-state index contributed by atoms with van der Waals surface area (Å²) in [4.78, 5) is 23.1. The van der Waals surface area contributed by atoms with E-state index in [1.165, 1.54) is 0 Å².